The quantitative estimate of drug-likeness (QED) is 0.844. The topological polar surface area (TPSA) is 75.7 Å². The Kier molecular flexibility index (Phi) is 5.18. The van der Waals surface area contributed by atoms with Crippen molar-refractivity contribution in [2.75, 3.05) is 24.4 Å². The molecule has 0 bridgehead atoms. The number of ether oxygens (including phenoxy) is 1. The second-order valence-electron chi connectivity index (χ2n) is 6.03. The summed E-state index contributed by atoms with van der Waals surface area (Å²) in [6.07, 6.45) is 0.709. The van der Waals surface area contributed by atoms with Gasteiger partial charge in [0.05, 0.1) is 11.5 Å². The third-order valence-corrected chi connectivity index (χ3v) is 5.78. The van der Waals surface area contributed by atoms with E-state index in [0.29, 0.717) is 37.4 Å². The van der Waals surface area contributed by atoms with Crippen LogP contribution >= 0.6 is 0 Å². The zero-order chi connectivity index (χ0) is 18.7. The molecule has 0 fully saturated rings. The van der Waals surface area contributed by atoms with E-state index in [4.69, 9.17) is 4.74 Å². The smallest absolute Gasteiger partial charge is 0.261 e. The van der Waals surface area contributed by atoms with E-state index < -0.39 is 10.0 Å². The van der Waals surface area contributed by atoms with E-state index >= 15 is 0 Å². The average Bonchev–Trinajstić information content (AvgIpc) is 3.10. The summed E-state index contributed by atoms with van der Waals surface area (Å²) in [4.78, 5) is 14.2. The third-order valence-electron chi connectivity index (χ3n) is 4.41. The highest BCUT2D eigenvalue weighted by Crippen LogP contribution is 2.28. The predicted octanol–water partition coefficient (Wildman–Crippen LogP) is 2.90. The van der Waals surface area contributed by atoms with Crippen LogP contribution in [0.15, 0.2) is 47.4 Å². The molecule has 26 heavy (non-hydrogen) atoms. The number of carbonyl (C=O) groups excluding carboxylic acids is 1. The highest BCUT2D eigenvalue weighted by atomic mass is 32.2. The van der Waals surface area contributed by atoms with Gasteiger partial charge >= 0.3 is 0 Å². The molecule has 0 saturated heterocycles. The van der Waals surface area contributed by atoms with Gasteiger partial charge in [0.25, 0.3) is 15.9 Å². The summed E-state index contributed by atoms with van der Waals surface area (Å²) in [5.41, 5.74) is 1.84. The molecular formula is C19H22N2O4S. The lowest BCUT2D eigenvalue weighted by Crippen LogP contribution is -2.30. The molecule has 0 radical (unpaired) electrons. The normalized spacial score (nSPS) is 13.0. The molecule has 7 heteroatoms. The van der Waals surface area contributed by atoms with Crippen molar-refractivity contribution in [3.05, 3.63) is 53.6 Å². The Morgan fingerprint density at radius 2 is 1.81 bits per heavy atom. The van der Waals surface area contributed by atoms with Crippen molar-refractivity contribution in [3.63, 3.8) is 0 Å². The van der Waals surface area contributed by atoms with Gasteiger partial charge in [-0.15, -0.1) is 0 Å². The van der Waals surface area contributed by atoms with Crippen LogP contribution in [0.5, 0.6) is 5.75 Å². The molecule has 0 unspecified atom stereocenters. The first-order valence-electron chi connectivity index (χ1n) is 8.62. The van der Waals surface area contributed by atoms with Gasteiger partial charge in [0, 0.05) is 30.8 Å². The third kappa shape index (κ3) is 3.67. The summed E-state index contributed by atoms with van der Waals surface area (Å²) >= 11 is 0. The van der Waals surface area contributed by atoms with Gasteiger partial charge in [-0.1, -0.05) is 0 Å². The number of benzene rings is 2. The molecule has 1 aliphatic rings. The Hall–Kier alpha value is -2.54. The van der Waals surface area contributed by atoms with Crippen molar-refractivity contribution < 1.29 is 17.9 Å². The van der Waals surface area contributed by atoms with Crippen LogP contribution in [-0.4, -0.2) is 38.9 Å². The molecule has 0 saturated carbocycles. The molecular weight excluding hydrogens is 352 g/mol. The zero-order valence-corrected chi connectivity index (χ0v) is 15.7. The number of hydrogen-bond acceptors (Lipinski definition) is 4. The van der Waals surface area contributed by atoms with Crippen LogP contribution in [0.25, 0.3) is 0 Å². The summed E-state index contributed by atoms with van der Waals surface area (Å²) in [5.74, 6) is 0.672. The SMILES string of the molecule is CCN(CC)C(=O)c1ccc(NS(=O)(=O)c2ccc3c(c2)CCO3)cc1. The Morgan fingerprint density at radius 1 is 1.12 bits per heavy atom. The standard InChI is InChI=1S/C19H22N2O4S/c1-3-21(4-2)19(22)14-5-7-16(8-6-14)20-26(23,24)17-9-10-18-15(13-17)11-12-25-18/h5-10,13,20H,3-4,11-12H2,1-2H3. The number of anilines is 1. The number of rotatable bonds is 6. The van der Waals surface area contributed by atoms with Crippen LogP contribution < -0.4 is 9.46 Å². The van der Waals surface area contributed by atoms with Crippen LogP contribution in [0.1, 0.15) is 29.8 Å². The summed E-state index contributed by atoms with van der Waals surface area (Å²) in [6.45, 7) is 5.68. The fourth-order valence-corrected chi connectivity index (χ4v) is 4.03. The van der Waals surface area contributed by atoms with Crippen molar-refractivity contribution in [2.24, 2.45) is 0 Å². The highest BCUT2D eigenvalue weighted by molar-refractivity contribution is 7.92. The fourth-order valence-electron chi connectivity index (χ4n) is 2.92. The van der Waals surface area contributed by atoms with Crippen LogP contribution in [0.2, 0.25) is 0 Å². The van der Waals surface area contributed by atoms with Gasteiger partial charge in [0.1, 0.15) is 5.75 Å². The second kappa shape index (κ2) is 7.37. The number of amides is 1. The summed E-state index contributed by atoms with van der Waals surface area (Å²) in [6, 6.07) is 11.3. The average molecular weight is 374 g/mol. The van der Waals surface area contributed by atoms with E-state index in [2.05, 4.69) is 4.72 Å². The predicted molar refractivity (Wildman–Crippen MR) is 100 cm³/mol. The van der Waals surface area contributed by atoms with Crippen molar-refractivity contribution >= 4 is 21.6 Å². The number of nitrogens with one attached hydrogen (secondary N) is 1. The molecule has 0 spiro atoms. The summed E-state index contributed by atoms with van der Waals surface area (Å²) in [7, 11) is -3.69. The lowest BCUT2D eigenvalue weighted by Gasteiger charge is -2.18. The van der Waals surface area contributed by atoms with Gasteiger partial charge < -0.3 is 9.64 Å². The lowest BCUT2D eigenvalue weighted by molar-refractivity contribution is 0.0773. The zero-order valence-electron chi connectivity index (χ0n) is 14.9. The maximum Gasteiger partial charge on any atom is 0.261 e. The van der Waals surface area contributed by atoms with Crippen molar-refractivity contribution in [2.45, 2.75) is 25.2 Å². The van der Waals surface area contributed by atoms with Gasteiger partial charge in [-0.25, -0.2) is 8.42 Å². The monoisotopic (exact) mass is 374 g/mol. The van der Waals surface area contributed by atoms with E-state index in [9.17, 15) is 13.2 Å². The van der Waals surface area contributed by atoms with Gasteiger partial charge in [0.2, 0.25) is 0 Å². The minimum Gasteiger partial charge on any atom is -0.493 e. The Morgan fingerprint density at radius 3 is 2.46 bits per heavy atom. The minimum absolute atomic E-state index is 0.0666. The molecule has 0 aliphatic carbocycles. The number of sulfonamides is 1. The fraction of sp³-hybridized carbons (Fsp3) is 0.316. The Labute approximate surface area is 153 Å². The summed E-state index contributed by atoms with van der Waals surface area (Å²) in [5, 5.41) is 0. The molecule has 2 aromatic rings. The number of fused-ring (bicyclic) bond motifs is 1. The van der Waals surface area contributed by atoms with Crippen LogP contribution in [0, 0.1) is 0 Å². The highest BCUT2D eigenvalue weighted by Gasteiger charge is 2.20. The van der Waals surface area contributed by atoms with Crippen LogP contribution in [0.3, 0.4) is 0 Å². The van der Waals surface area contributed by atoms with Crippen molar-refractivity contribution in [1.82, 2.24) is 4.90 Å². The van der Waals surface area contributed by atoms with Gasteiger partial charge in [-0.3, -0.25) is 9.52 Å². The second-order valence-corrected chi connectivity index (χ2v) is 7.71. The first kappa shape index (κ1) is 18.3. The molecule has 6 nitrogen and oxygen atoms in total. The molecule has 1 heterocycles. The van der Waals surface area contributed by atoms with E-state index in [-0.39, 0.29) is 10.8 Å². The Balaban J connectivity index is 1.77. The molecule has 138 valence electrons. The molecule has 0 atom stereocenters. The van der Waals surface area contributed by atoms with Crippen molar-refractivity contribution in [1.29, 1.82) is 0 Å². The number of carbonyl (C=O) groups is 1. The number of hydrogen-bond donors (Lipinski definition) is 1. The molecule has 3 rings (SSSR count). The van der Waals surface area contributed by atoms with E-state index in [1.165, 1.54) is 6.07 Å². The van der Waals surface area contributed by atoms with Crippen LogP contribution in [-0.2, 0) is 16.4 Å². The van der Waals surface area contributed by atoms with E-state index in [1.807, 2.05) is 13.8 Å². The molecule has 1 amide bonds. The first-order chi connectivity index (χ1) is 12.4. The van der Waals surface area contributed by atoms with E-state index in [0.717, 1.165) is 11.3 Å². The maximum atomic E-state index is 12.6. The van der Waals surface area contributed by atoms with Gasteiger partial charge in [0.15, 0.2) is 0 Å². The first-order valence-corrected chi connectivity index (χ1v) is 10.1. The molecule has 0 aromatic heterocycles. The van der Waals surface area contributed by atoms with Crippen molar-refractivity contribution in [3.8, 4) is 5.75 Å². The largest absolute Gasteiger partial charge is 0.493 e. The maximum absolute atomic E-state index is 12.6. The van der Waals surface area contributed by atoms with E-state index in [1.54, 1.807) is 41.3 Å². The van der Waals surface area contributed by atoms with Gasteiger partial charge in [-0.05, 0) is 61.9 Å². The molecule has 2 aromatic carbocycles. The minimum atomic E-state index is -3.69. The summed E-state index contributed by atoms with van der Waals surface area (Å²) < 4.78 is 33.2. The Bertz CT molecular complexity index is 904. The lowest BCUT2D eigenvalue weighted by atomic mass is 10.2. The van der Waals surface area contributed by atoms with Gasteiger partial charge in [-0.2, -0.15) is 0 Å². The molecule has 1 aliphatic heterocycles. The van der Waals surface area contributed by atoms with Crippen LogP contribution in [0.4, 0.5) is 5.69 Å². The molecule has 1 N–H and O–H groups in total. The number of nitrogens with zero attached hydrogens (tertiary/aromatic N) is 1.